The quantitative estimate of drug-likeness (QED) is 0.679. The number of methoxy groups -OCH3 is 1. The molecule has 1 atom stereocenters. The van der Waals surface area contributed by atoms with Crippen molar-refractivity contribution in [2.24, 2.45) is 0 Å². The highest BCUT2D eigenvalue weighted by molar-refractivity contribution is 6.32. The van der Waals surface area contributed by atoms with Crippen LogP contribution in [0.4, 0.5) is 8.78 Å². The van der Waals surface area contributed by atoms with E-state index in [1.54, 1.807) is 0 Å². The summed E-state index contributed by atoms with van der Waals surface area (Å²) < 4.78 is 36.1. The first kappa shape index (κ1) is 14.7. The Morgan fingerprint density at radius 1 is 1.50 bits per heavy atom. The molecule has 4 nitrogen and oxygen atoms in total. The molecule has 1 rings (SSSR count). The molecule has 1 aromatic carbocycles. The van der Waals surface area contributed by atoms with Gasteiger partial charge in [0.15, 0.2) is 17.7 Å². The first-order chi connectivity index (χ1) is 8.43. The van der Waals surface area contributed by atoms with E-state index in [2.05, 4.69) is 9.47 Å². The Morgan fingerprint density at radius 3 is 2.61 bits per heavy atom. The van der Waals surface area contributed by atoms with Gasteiger partial charge >= 0.3 is 5.97 Å². The van der Waals surface area contributed by atoms with E-state index < -0.39 is 35.0 Å². The molecular weight excluding hydrogens is 270 g/mol. The third-order valence-electron chi connectivity index (χ3n) is 2.15. The van der Waals surface area contributed by atoms with Crippen molar-refractivity contribution >= 4 is 17.6 Å². The molecule has 100 valence electrons. The van der Waals surface area contributed by atoms with Gasteiger partial charge in [-0.3, -0.25) is 0 Å². The van der Waals surface area contributed by atoms with Gasteiger partial charge in [0.1, 0.15) is 0 Å². The highest BCUT2D eigenvalue weighted by Crippen LogP contribution is 2.34. The summed E-state index contributed by atoms with van der Waals surface area (Å²) >= 11 is 5.64. The summed E-state index contributed by atoms with van der Waals surface area (Å²) in [6.45, 7) is 1.52. The first-order valence-corrected chi connectivity index (χ1v) is 5.37. The molecular formula is C11H11ClF2O4. The molecule has 0 aromatic heterocycles. The second-order valence-corrected chi connectivity index (χ2v) is 3.67. The highest BCUT2D eigenvalue weighted by Gasteiger charge is 2.27. The summed E-state index contributed by atoms with van der Waals surface area (Å²) in [4.78, 5) is 11.2. The predicted octanol–water partition coefficient (Wildman–Crippen LogP) is 2.22. The fraction of sp³-hybridized carbons (Fsp3) is 0.364. The summed E-state index contributed by atoms with van der Waals surface area (Å²) in [5.41, 5.74) is -0.600. The zero-order valence-electron chi connectivity index (χ0n) is 9.67. The number of rotatable bonds is 4. The van der Waals surface area contributed by atoms with E-state index in [-0.39, 0.29) is 11.6 Å². The van der Waals surface area contributed by atoms with Crippen LogP contribution < -0.4 is 4.74 Å². The van der Waals surface area contributed by atoms with Crippen molar-refractivity contribution in [3.05, 3.63) is 28.3 Å². The molecule has 0 aliphatic carbocycles. The average molecular weight is 281 g/mol. The molecule has 18 heavy (non-hydrogen) atoms. The van der Waals surface area contributed by atoms with Gasteiger partial charge in [-0.1, -0.05) is 11.6 Å². The number of benzene rings is 1. The lowest BCUT2D eigenvalue weighted by atomic mass is 10.1. The molecule has 0 amide bonds. The first-order valence-electron chi connectivity index (χ1n) is 5.00. The largest absolute Gasteiger partial charge is 0.492 e. The number of esters is 1. The Balaban J connectivity index is 3.22. The maximum absolute atomic E-state index is 13.6. The molecule has 1 unspecified atom stereocenters. The van der Waals surface area contributed by atoms with Crippen LogP contribution in [0.5, 0.6) is 5.75 Å². The molecule has 0 aliphatic rings. The third kappa shape index (κ3) is 2.70. The van der Waals surface area contributed by atoms with Crippen LogP contribution in [0.15, 0.2) is 6.07 Å². The van der Waals surface area contributed by atoms with Crippen molar-refractivity contribution in [2.45, 2.75) is 13.0 Å². The lowest BCUT2D eigenvalue weighted by molar-refractivity contribution is -0.153. The summed E-state index contributed by atoms with van der Waals surface area (Å²) in [7, 11) is 1.12. The summed E-state index contributed by atoms with van der Waals surface area (Å²) in [5.74, 6) is -4.36. The van der Waals surface area contributed by atoms with E-state index >= 15 is 0 Å². The van der Waals surface area contributed by atoms with E-state index in [0.717, 1.165) is 13.2 Å². The van der Waals surface area contributed by atoms with Crippen LogP contribution >= 0.6 is 11.6 Å². The number of carbonyl (C=O) groups is 1. The molecule has 0 bridgehead atoms. The second kappa shape index (κ2) is 5.97. The van der Waals surface area contributed by atoms with Gasteiger partial charge in [0.25, 0.3) is 0 Å². The van der Waals surface area contributed by atoms with E-state index in [0.29, 0.717) is 0 Å². The van der Waals surface area contributed by atoms with E-state index in [4.69, 9.17) is 11.6 Å². The number of halogens is 3. The summed E-state index contributed by atoms with van der Waals surface area (Å²) in [5, 5.41) is 9.28. The molecule has 0 fully saturated rings. The number of carbonyl (C=O) groups excluding carboxylic acids is 1. The molecule has 0 saturated carbocycles. The number of aliphatic hydroxyl groups excluding tert-OH is 1. The maximum atomic E-state index is 13.6. The van der Waals surface area contributed by atoms with Gasteiger partial charge in [0.2, 0.25) is 5.82 Å². The average Bonchev–Trinajstić information content (AvgIpc) is 2.34. The smallest absolute Gasteiger partial charge is 0.339 e. The Hall–Kier alpha value is -1.40. The zero-order valence-corrected chi connectivity index (χ0v) is 10.4. The minimum absolute atomic E-state index is 0.00385. The second-order valence-electron chi connectivity index (χ2n) is 3.26. The highest BCUT2D eigenvalue weighted by atomic mass is 35.5. The Labute approximate surface area is 107 Å². The molecule has 0 spiro atoms. The molecule has 0 heterocycles. The van der Waals surface area contributed by atoms with E-state index in [1.165, 1.54) is 6.92 Å². The minimum atomic E-state index is -1.94. The van der Waals surface area contributed by atoms with Crippen molar-refractivity contribution in [3.8, 4) is 5.75 Å². The SMILES string of the molecule is CCOC(=O)C(O)c1cc(Cl)c(OC)c(F)c1F. The van der Waals surface area contributed by atoms with Crippen molar-refractivity contribution in [1.82, 2.24) is 0 Å². The Kier molecular flexibility index (Phi) is 4.86. The van der Waals surface area contributed by atoms with Crippen LogP contribution in [0.3, 0.4) is 0 Å². The van der Waals surface area contributed by atoms with Gasteiger partial charge in [-0.05, 0) is 13.0 Å². The lowest BCUT2D eigenvalue weighted by Gasteiger charge is -2.13. The summed E-state index contributed by atoms with van der Waals surface area (Å²) in [6, 6.07) is 0.917. The Morgan fingerprint density at radius 2 is 2.11 bits per heavy atom. The van der Waals surface area contributed by atoms with Crippen LogP contribution in [0.2, 0.25) is 5.02 Å². The normalized spacial score (nSPS) is 12.1. The van der Waals surface area contributed by atoms with E-state index in [1.807, 2.05) is 0 Å². The molecule has 1 aromatic rings. The summed E-state index contributed by atoms with van der Waals surface area (Å²) in [6.07, 6.45) is -1.94. The minimum Gasteiger partial charge on any atom is -0.492 e. The number of ether oxygens (including phenoxy) is 2. The van der Waals surface area contributed by atoms with Crippen LogP contribution in [0, 0.1) is 11.6 Å². The predicted molar refractivity (Wildman–Crippen MR) is 59.5 cm³/mol. The van der Waals surface area contributed by atoms with Crippen LogP contribution in [-0.4, -0.2) is 24.8 Å². The third-order valence-corrected chi connectivity index (χ3v) is 2.43. The Bertz CT molecular complexity index is 465. The lowest BCUT2D eigenvalue weighted by Crippen LogP contribution is -2.17. The fourth-order valence-corrected chi connectivity index (χ4v) is 1.61. The van der Waals surface area contributed by atoms with Gasteiger partial charge in [0, 0.05) is 5.56 Å². The molecule has 0 saturated heterocycles. The number of aliphatic hydroxyl groups is 1. The number of hydrogen-bond acceptors (Lipinski definition) is 4. The molecule has 1 N–H and O–H groups in total. The molecule has 0 aliphatic heterocycles. The fourth-order valence-electron chi connectivity index (χ4n) is 1.33. The number of hydrogen-bond donors (Lipinski definition) is 1. The molecule has 0 radical (unpaired) electrons. The van der Waals surface area contributed by atoms with Crippen LogP contribution in [-0.2, 0) is 9.53 Å². The van der Waals surface area contributed by atoms with Gasteiger partial charge in [-0.25, -0.2) is 9.18 Å². The standard InChI is InChI=1S/C11H11ClF2O4/c1-3-18-11(16)9(15)5-4-6(12)10(17-2)8(14)7(5)13/h4,9,15H,3H2,1-2H3. The molecule has 7 heteroatoms. The van der Waals surface area contributed by atoms with Crippen molar-refractivity contribution in [1.29, 1.82) is 0 Å². The topological polar surface area (TPSA) is 55.8 Å². The van der Waals surface area contributed by atoms with Crippen molar-refractivity contribution in [2.75, 3.05) is 13.7 Å². The monoisotopic (exact) mass is 280 g/mol. The maximum Gasteiger partial charge on any atom is 0.339 e. The van der Waals surface area contributed by atoms with Gasteiger partial charge < -0.3 is 14.6 Å². The van der Waals surface area contributed by atoms with Gasteiger partial charge in [-0.15, -0.1) is 0 Å². The van der Waals surface area contributed by atoms with Crippen molar-refractivity contribution < 1.29 is 28.2 Å². The van der Waals surface area contributed by atoms with E-state index in [9.17, 15) is 18.7 Å². The van der Waals surface area contributed by atoms with Crippen LogP contribution in [0.25, 0.3) is 0 Å². The van der Waals surface area contributed by atoms with Gasteiger partial charge in [-0.2, -0.15) is 4.39 Å². The van der Waals surface area contributed by atoms with Crippen molar-refractivity contribution in [3.63, 3.8) is 0 Å². The van der Waals surface area contributed by atoms with Crippen LogP contribution in [0.1, 0.15) is 18.6 Å². The van der Waals surface area contributed by atoms with Gasteiger partial charge in [0.05, 0.1) is 18.7 Å². The zero-order chi connectivity index (χ0) is 13.9.